The van der Waals surface area contributed by atoms with E-state index in [0.717, 1.165) is 44.3 Å². The smallest absolute Gasteiger partial charge is 0.234 e. The third kappa shape index (κ3) is 5.43. The van der Waals surface area contributed by atoms with E-state index < -0.39 is 0 Å². The summed E-state index contributed by atoms with van der Waals surface area (Å²) >= 11 is 1.82. The van der Waals surface area contributed by atoms with E-state index in [-0.39, 0.29) is 11.9 Å². The number of aryl methyl sites for hydroxylation is 1. The van der Waals surface area contributed by atoms with E-state index in [1.165, 1.54) is 15.3 Å². The lowest BCUT2D eigenvalue weighted by Gasteiger charge is -2.30. The molecular weight excluding hydrogens is 378 g/mol. The van der Waals surface area contributed by atoms with Gasteiger partial charge in [0.25, 0.3) is 0 Å². The number of thiazole rings is 1. The summed E-state index contributed by atoms with van der Waals surface area (Å²) in [7, 11) is 0. The van der Waals surface area contributed by atoms with E-state index in [2.05, 4.69) is 59.6 Å². The molecule has 1 saturated heterocycles. The molecule has 0 saturated carbocycles. The van der Waals surface area contributed by atoms with Crippen molar-refractivity contribution in [3.05, 3.63) is 65.2 Å². The molecule has 152 valence electrons. The number of hydrogen-bond donors (Lipinski definition) is 1. The van der Waals surface area contributed by atoms with Crippen LogP contribution in [0.3, 0.4) is 0 Å². The van der Waals surface area contributed by atoms with E-state index >= 15 is 0 Å². The Labute approximate surface area is 177 Å². The Hall–Kier alpha value is -2.24. The molecule has 0 bridgehead atoms. The van der Waals surface area contributed by atoms with E-state index in [1.54, 1.807) is 0 Å². The molecule has 3 aromatic rings. The molecule has 1 N–H and O–H groups in total. The van der Waals surface area contributed by atoms with Crippen molar-refractivity contribution in [3.8, 4) is 0 Å². The van der Waals surface area contributed by atoms with Crippen molar-refractivity contribution in [2.45, 2.75) is 44.6 Å². The Balaban J connectivity index is 1.20. The van der Waals surface area contributed by atoms with Crippen LogP contribution in [0, 0.1) is 0 Å². The molecule has 1 atom stereocenters. The molecule has 0 spiro atoms. The van der Waals surface area contributed by atoms with Gasteiger partial charge in [-0.05, 0) is 63.4 Å². The second-order valence-electron chi connectivity index (χ2n) is 8.06. The number of para-hydroxylation sites is 1. The van der Waals surface area contributed by atoms with Crippen LogP contribution in [0.15, 0.2) is 54.6 Å². The standard InChI is InChI=1S/C24H29N3OS/c1-18(11-12-19-7-3-2-4-8-19)25-23(28)17-27-15-13-20(14-16-27)24-26-21-9-5-6-10-22(21)29-24/h2-10,18,20H,11-17H2,1H3,(H,25,28)/t18-/m1/s1. The van der Waals surface area contributed by atoms with Gasteiger partial charge in [0, 0.05) is 12.0 Å². The summed E-state index contributed by atoms with van der Waals surface area (Å²) in [4.78, 5) is 19.5. The summed E-state index contributed by atoms with van der Waals surface area (Å²) in [5.41, 5.74) is 2.43. The molecule has 4 rings (SSSR count). The van der Waals surface area contributed by atoms with Crippen molar-refractivity contribution in [3.63, 3.8) is 0 Å². The maximum Gasteiger partial charge on any atom is 0.234 e. The molecule has 1 aliphatic rings. The van der Waals surface area contributed by atoms with Crippen molar-refractivity contribution in [2.75, 3.05) is 19.6 Å². The second-order valence-corrected chi connectivity index (χ2v) is 9.13. The number of likely N-dealkylation sites (tertiary alicyclic amines) is 1. The maximum atomic E-state index is 12.4. The number of rotatable bonds is 7. The van der Waals surface area contributed by atoms with E-state index in [0.29, 0.717) is 12.5 Å². The van der Waals surface area contributed by atoms with E-state index in [1.807, 2.05) is 23.5 Å². The Morgan fingerprint density at radius 2 is 1.86 bits per heavy atom. The van der Waals surface area contributed by atoms with Gasteiger partial charge in [-0.15, -0.1) is 11.3 Å². The van der Waals surface area contributed by atoms with Gasteiger partial charge >= 0.3 is 0 Å². The molecule has 29 heavy (non-hydrogen) atoms. The highest BCUT2D eigenvalue weighted by Gasteiger charge is 2.24. The molecule has 2 heterocycles. The Bertz CT molecular complexity index is 898. The first-order chi connectivity index (χ1) is 14.2. The maximum absolute atomic E-state index is 12.4. The first-order valence-corrected chi connectivity index (χ1v) is 11.4. The first-order valence-electron chi connectivity index (χ1n) is 10.6. The minimum absolute atomic E-state index is 0.143. The van der Waals surface area contributed by atoms with Crippen molar-refractivity contribution in [2.24, 2.45) is 0 Å². The van der Waals surface area contributed by atoms with Crippen molar-refractivity contribution in [1.82, 2.24) is 15.2 Å². The molecule has 0 radical (unpaired) electrons. The number of benzene rings is 2. The zero-order valence-electron chi connectivity index (χ0n) is 17.0. The quantitative estimate of drug-likeness (QED) is 0.622. The molecular formula is C24H29N3OS. The van der Waals surface area contributed by atoms with Crippen molar-refractivity contribution >= 4 is 27.5 Å². The topological polar surface area (TPSA) is 45.2 Å². The predicted octanol–water partition coefficient (Wildman–Crippen LogP) is 4.61. The highest BCUT2D eigenvalue weighted by atomic mass is 32.1. The third-order valence-corrected chi connectivity index (χ3v) is 6.93. The Morgan fingerprint density at radius 1 is 1.14 bits per heavy atom. The van der Waals surface area contributed by atoms with Crippen molar-refractivity contribution in [1.29, 1.82) is 0 Å². The molecule has 0 aliphatic carbocycles. The van der Waals surface area contributed by atoms with Crippen LogP contribution in [0.5, 0.6) is 0 Å². The zero-order chi connectivity index (χ0) is 20.1. The van der Waals surface area contributed by atoms with Crippen LogP contribution in [0.1, 0.15) is 42.7 Å². The molecule has 5 heteroatoms. The van der Waals surface area contributed by atoms with Gasteiger partial charge < -0.3 is 5.32 Å². The van der Waals surface area contributed by atoms with E-state index in [4.69, 9.17) is 4.98 Å². The lowest BCUT2D eigenvalue weighted by Crippen LogP contribution is -2.43. The van der Waals surface area contributed by atoms with Crippen LogP contribution in [-0.4, -0.2) is 41.5 Å². The third-order valence-electron chi connectivity index (χ3n) is 5.73. The normalized spacial score (nSPS) is 16.7. The number of aromatic nitrogens is 1. The fourth-order valence-electron chi connectivity index (χ4n) is 4.03. The SMILES string of the molecule is C[C@H](CCc1ccccc1)NC(=O)CN1CCC(c2nc3ccccc3s2)CC1. The number of hydrogen-bond acceptors (Lipinski definition) is 4. The Kier molecular flexibility index (Phi) is 6.57. The monoisotopic (exact) mass is 407 g/mol. The van der Waals surface area contributed by atoms with Gasteiger partial charge in [0.1, 0.15) is 0 Å². The average Bonchev–Trinajstić information content (AvgIpc) is 3.18. The predicted molar refractivity (Wildman–Crippen MR) is 120 cm³/mol. The van der Waals surface area contributed by atoms with Crippen LogP contribution >= 0.6 is 11.3 Å². The van der Waals surface area contributed by atoms with E-state index in [9.17, 15) is 4.79 Å². The number of carbonyl (C=O) groups excluding carboxylic acids is 1. The van der Waals surface area contributed by atoms with Gasteiger partial charge in [-0.1, -0.05) is 42.5 Å². The summed E-state index contributed by atoms with van der Waals surface area (Å²) in [5.74, 6) is 0.667. The van der Waals surface area contributed by atoms with Crippen LogP contribution in [0.2, 0.25) is 0 Å². The molecule has 2 aromatic carbocycles. The summed E-state index contributed by atoms with van der Waals surface area (Å²) < 4.78 is 1.27. The fraction of sp³-hybridized carbons (Fsp3) is 0.417. The van der Waals surface area contributed by atoms with Gasteiger partial charge in [-0.3, -0.25) is 9.69 Å². The second kappa shape index (κ2) is 9.51. The summed E-state index contributed by atoms with van der Waals surface area (Å²) in [6, 6.07) is 19.0. The molecule has 0 unspecified atom stereocenters. The number of amides is 1. The van der Waals surface area contributed by atoms with Gasteiger partial charge in [0.05, 0.1) is 21.8 Å². The van der Waals surface area contributed by atoms with Gasteiger partial charge in [-0.25, -0.2) is 4.98 Å². The van der Waals surface area contributed by atoms with Gasteiger partial charge in [0.2, 0.25) is 5.91 Å². The summed E-state index contributed by atoms with van der Waals surface area (Å²) in [5, 5.41) is 4.42. The van der Waals surface area contributed by atoms with Crippen LogP contribution in [0.25, 0.3) is 10.2 Å². The molecule has 1 aromatic heterocycles. The summed E-state index contributed by atoms with van der Waals surface area (Å²) in [6.07, 6.45) is 4.12. The molecule has 1 amide bonds. The number of nitrogens with one attached hydrogen (secondary N) is 1. The number of nitrogens with zero attached hydrogens (tertiary/aromatic N) is 2. The zero-order valence-corrected chi connectivity index (χ0v) is 17.8. The largest absolute Gasteiger partial charge is 0.353 e. The number of piperidine rings is 1. The molecule has 4 nitrogen and oxygen atoms in total. The van der Waals surface area contributed by atoms with Gasteiger partial charge in [-0.2, -0.15) is 0 Å². The van der Waals surface area contributed by atoms with Crippen LogP contribution in [0.4, 0.5) is 0 Å². The minimum Gasteiger partial charge on any atom is -0.353 e. The van der Waals surface area contributed by atoms with Crippen LogP contribution < -0.4 is 5.32 Å². The highest BCUT2D eigenvalue weighted by Crippen LogP contribution is 2.33. The van der Waals surface area contributed by atoms with Gasteiger partial charge in [0.15, 0.2) is 0 Å². The number of carbonyl (C=O) groups is 1. The fourth-order valence-corrected chi connectivity index (χ4v) is 5.16. The van der Waals surface area contributed by atoms with Crippen molar-refractivity contribution < 1.29 is 4.79 Å². The molecule has 1 aliphatic heterocycles. The first kappa shape index (κ1) is 20.0. The number of fused-ring (bicyclic) bond motifs is 1. The van der Waals surface area contributed by atoms with Crippen LogP contribution in [-0.2, 0) is 11.2 Å². The Morgan fingerprint density at radius 3 is 2.62 bits per heavy atom. The highest BCUT2D eigenvalue weighted by molar-refractivity contribution is 7.18. The summed E-state index contributed by atoms with van der Waals surface area (Å²) in [6.45, 7) is 4.53. The average molecular weight is 408 g/mol. The lowest BCUT2D eigenvalue weighted by molar-refractivity contribution is -0.123. The lowest BCUT2D eigenvalue weighted by atomic mass is 9.97. The molecule has 1 fully saturated rings. The minimum atomic E-state index is 0.143.